The Morgan fingerprint density at radius 1 is 1.41 bits per heavy atom. The highest BCUT2D eigenvalue weighted by Crippen LogP contribution is 2.30. The van der Waals surface area contributed by atoms with Crippen molar-refractivity contribution >= 4 is 5.91 Å². The van der Waals surface area contributed by atoms with Gasteiger partial charge in [-0.15, -0.1) is 0 Å². The van der Waals surface area contributed by atoms with E-state index in [0.29, 0.717) is 18.7 Å². The zero-order valence-electron chi connectivity index (χ0n) is 13.1. The quantitative estimate of drug-likeness (QED) is 0.915. The van der Waals surface area contributed by atoms with Gasteiger partial charge in [-0.3, -0.25) is 9.89 Å². The molecular formula is C17H21N3O2. The number of aryl methyl sites for hydroxylation is 1. The molecule has 116 valence electrons. The molecule has 2 heterocycles. The van der Waals surface area contributed by atoms with Crippen molar-refractivity contribution in [3.05, 3.63) is 52.3 Å². The number of hydrogen-bond donors (Lipinski definition) is 2. The van der Waals surface area contributed by atoms with Crippen molar-refractivity contribution in [1.82, 2.24) is 15.5 Å². The van der Waals surface area contributed by atoms with Crippen LogP contribution in [0, 0.1) is 6.92 Å². The maximum atomic E-state index is 12.4. The average molecular weight is 299 g/mol. The number of aromatic nitrogens is 2. The molecule has 2 aromatic rings. The summed E-state index contributed by atoms with van der Waals surface area (Å²) in [4.78, 5) is 12.4. The topological polar surface area (TPSA) is 67.0 Å². The SMILES string of the molecule is Cc1ccccc1CNC(=O)c1n[nH]c2c1C[C@@H](C)O[C@H]2C. The summed E-state index contributed by atoms with van der Waals surface area (Å²) in [6.07, 6.45) is 0.760. The molecule has 0 fully saturated rings. The van der Waals surface area contributed by atoms with Crippen molar-refractivity contribution in [3.63, 3.8) is 0 Å². The molecule has 1 aliphatic rings. The van der Waals surface area contributed by atoms with Gasteiger partial charge < -0.3 is 10.1 Å². The van der Waals surface area contributed by atoms with Gasteiger partial charge in [0.2, 0.25) is 0 Å². The average Bonchev–Trinajstić information content (AvgIpc) is 2.90. The second-order valence-electron chi connectivity index (χ2n) is 5.87. The van der Waals surface area contributed by atoms with Crippen molar-refractivity contribution in [3.8, 4) is 0 Å². The third kappa shape index (κ3) is 2.76. The van der Waals surface area contributed by atoms with Gasteiger partial charge in [0, 0.05) is 18.5 Å². The van der Waals surface area contributed by atoms with Gasteiger partial charge in [-0.2, -0.15) is 5.10 Å². The fraction of sp³-hybridized carbons (Fsp3) is 0.412. The number of carbonyl (C=O) groups excluding carboxylic acids is 1. The third-order valence-electron chi connectivity index (χ3n) is 4.15. The van der Waals surface area contributed by atoms with Crippen LogP contribution in [0.5, 0.6) is 0 Å². The first kappa shape index (κ1) is 14.8. The zero-order valence-corrected chi connectivity index (χ0v) is 13.1. The molecule has 2 N–H and O–H groups in total. The van der Waals surface area contributed by atoms with Gasteiger partial charge in [-0.05, 0) is 31.9 Å². The molecule has 0 radical (unpaired) electrons. The molecule has 0 aliphatic carbocycles. The summed E-state index contributed by atoms with van der Waals surface area (Å²) >= 11 is 0. The standard InChI is InChI=1S/C17H21N3O2/c1-10-6-4-5-7-13(10)9-18-17(21)16-14-8-11(2)22-12(3)15(14)19-20-16/h4-7,11-12H,8-9H2,1-3H3,(H,18,21)(H,19,20)/t11-,12+/m1/s1. The van der Waals surface area contributed by atoms with Crippen molar-refractivity contribution < 1.29 is 9.53 Å². The molecule has 1 aromatic carbocycles. The number of nitrogens with one attached hydrogen (secondary N) is 2. The minimum absolute atomic E-state index is 0.0517. The van der Waals surface area contributed by atoms with Crippen LogP contribution in [0.3, 0.4) is 0 Å². The molecule has 0 unspecified atom stereocenters. The summed E-state index contributed by atoms with van der Waals surface area (Å²) in [7, 11) is 0. The highest BCUT2D eigenvalue weighted by molar-refractivity contribution is 5.94. The number of hydrogen-bond acceptors (Lipinski definition) is 3. The van der Waals surface area contributed by atoms with Crippen molar-refractivity contribution in [1.29, 1.82) is 0 Å². The molecule has 1 amide bonds. The van der Waals surface area contributed by atoms with Crippen molar-refractivity contribution in [2.75, 3.05) is 0 Å². The number of ether oxygens (including phenoxy) is 1. The molecule has 0 spiro atoms. The van der Waals surface area contributed by atoms with Crippen LogP contribution in [0.15, 0.2) is 24.3 Å². The number of rotatable bonds is 3. The highest BCUT2D eigenvalue weighted by Gasteiger charge is 2.29. The lowest BCUT2D eigenvalue weighted by atomic mass is 9.99. The van der Waals surface area contributed by atoms with Gasteiger partial charge in [0.05, 0.1) is 17.9 Å². The Hall–Kier alpha value is -2.14. The number of aromatic amines is 1. The minimum atomic E-state index is -0.137. The highest BCUT2D eigenvalue weighted by atomic mass is 16.5. The lowest BCUT2D eigenvalue weighted by Gasteiger charge is -2.25. The molecule has 1 aromatic heterocycles. The van der Waals surface area contributed by atoms with Crippen LogP contribution in [0.25, 0.3) is 0 Å². The summed E-state index contributed by atoms with van der Waals surface area (Å²) in [6.45, 7) is 6.54. The fourth-order valence-corrected chi connectivity index (χ4v) is 2.93. The maximum Gasteiger partial charge on any atom is 0.272 e. The number of H-pyrrole nitrogens is 1. The fourth-order valence-electron chi connectivity index (χ4n) is 2.93. The van der Waals surface area contributed by atoms with Crippen LogP contribution in [-0.4, -0.2) is 22.2 Å². The van der Waals surface area contributed by atoms with E-state index < -0.39 is 0 Å². The van der Waals surface area contributed by atoms with E-state index in [1.807, 2.05) is 45.0 Å². The Balaban J connectivity index is 1.75. The molecule has 0 saturated heterocycles. The number of benzene rings is 1. The largest absolute Gasteiger partial charge is 0.369 e. The normalized spacial score (nSPS) is 20.5. The number of carbonyl (C=O) groups is 1. The lowest BCUT2D eigenvalue weighted by Crippen LogP contribution is -2.27. The summed E-state index contributed by atoms with van der Waals surface area (Å²) in [5, 5.41) is 10.1. The monoisotopic (exact) mass is 299 g/mol. The minimum Gasteiger partial charge on any atom is -0.369 e. The predicted molar refractivity (Wildman–Crippen MR) is 83.6 cm³/mol. The molecule has 5 heteroatoms. The van der Waals surface area contributed by atoms with Crippen molar-refractivity contribution in [2.24, 2.45) is 0 Å². The molecular weight excluding hydrogens is 278 g/mol. The predicted octanol–water partition coefficient (Wildman–Crippen LogP) is 2.67. The second kappa shape index (κ2) is 5.93. The second-order valence-corrected chi connectivity index (χ2v) is 5.87. The molecule has 2 atom stereocenters. The van der Waals surface area contributed by atoms with E-state index in [0.717, 1.165) is 16.8 Å². The summed E-state index contributed by atoms with van der Waals surface area (Å²) in [5.74, 6) is -0.137. The Morgan fingerprint density at radius 2 is 2.18 bits per heavy atom. The van der Waals surface area contributed by atoms with Crippen LogP contribution in [-0.2, 0) is 17.7 Å². The third-order valence-corrected chi connectivity index (χ3v) is 4.15. The first-order chi connectivity index (χ1) is 10.6. The molecule has 1 aliphatic heterocycles. The molecule has 5 nitrogen and oxygen atoms in total. The van der Waals surface area contributed by atoms with Gasteiger partial charge in [0.1, 0.15) is 0 Å². The molecule has 3 rings (SSSR count). The smallest absolute Gasteiger partial charge is 0.272 e. The Bertz CT molecular complexity index is 693. The van der Waals surface area contributed by atoms with E-state index in [4.69, 9.17) is 4.74 Å². The van der Waals surface area contributed by atoms with Crippen LogP contribution in [0.4, 0.5) is 0 Å². The van der Waals surface area contributed by atoms with E-state index in [9.17, 15) is 4.79 Å². The van der Waals surface area contributed by atoms with Gasteiger partial charge in [-0.25, -0.2) is 0 Å². The van der Waals surface area contributed by atoms with E-state index >= 15 is 0 Å². The summed E-state index contributed by atoms with van der Waals surface area (Å²) in [5.41, 5.74) is 4.67. The molecule has 0 bridgehead atoms. The van der Waals surface area contributed by atoms with Gasteiger partial charge in [0.15, 0.2) is 5.69 Å². The lowest BCUT2D eigenvalue weighted by molar-refractivity contribution is -0.00697. The van der Waals surface area contributed by atoms with Crippen molar-refractivity contribution in [2.45, 2.75) is 45.9 Å². The van der Waals surface area contributed by atoms with Crippen LogP contribution < -0.4 is 5.32 Å². The number of fused-ring (bicyclic) bond motifs is 1. The Labute approximate surface area is 130 Å². The summed E-state index contributed by atoms with van der Waals surface area (Å²) in [6, 6.07) is 8.03. The zero-order chi connectivity index (χ0) is 15.7. The maximum absolute atomic E-state index is 12.4. The van der Waals surface area contributed by atoms with Gasteiger partial charge in [0.25, 0.3) is 5.91 Å². The first-order valence-electron chi connectivity index (χ1n) is 7.61. The van der Waals surface area contributed by atoms with E-state index in [1.54, 1.807) is 0 Å². The summed E-state index contributed by atoms with van der Waals surface area (Å²) < 4.78 is 5.75. The molecule has 0 saturated carbocycles. The van der Waals surface area contributed by atoms with E-state index in [2.05, 4.69) is 15.5 Å². The van der Waals surface area contributed by atoms with Crippen LogP contribution in [0.1, 0.15) is 52.8 Å². The van der Waals surface area contributed by atoms with Crippen LogP contribution in [0.2, 0.25) is 0 Å². The van der Waals surface area contributed by atoms with E-state index in [1.165, 1.54) is 5.56 Å². The number of nitrogens with zero attached hydrogens (tertiary/aromatic N) is 1. The first-order valence-corrected chi connectivity index (χ1v) is 7.61. The van der Waals surface area contributed by atoms with Gasteiger partial charge in [-0.1, -0.05) is 24.3 Å². The van der Waals surface area contributed by atoms with Crippen LogP contribution >= 0.6 is 0 Å². The van der Waals surface area contributed by atoms with E-state index in [-0.39, 0.29) is 18.1 Å². The van der Waals surface area contributed by atoms with Gasteiger partial charge >= 0.3 is 0 Å². The number of amides is 1. The molecule has 22 heavy (non-hydrogen) atoms. The Morgan fingerprint density at radius 3 is 2.95 bits per heavy atom. The Kier molecular flexibility index (Phi) is 3.98.